The van der Waals surface area contributed by atoms with Gasteiger partial charge in [-0.15, -0.1) is 5.10 Å². The Bertz CT molecular complexity index is 664. The van der Waals surface area contributed by atoms with Gasteiger partial charge in [0.1, 0.15) is 0 Å². The molecule has 0 unspecified atom stereocenters. The Hall–Kier alpha value is -2.37. The van der Waals surface area contributed by atoms with Crippen LogP contribution in [0.15, 0.2) is 30.5 Å². The second-order valence-electron chi connectivity index (χ2n) is 6.73. The molecule has 1 aromatic carbocycles. The van der Waals surface area contributed by atoms with Crippen molar-refractivity contribution in [2.75, 3.05) is 47.8 Å². The molecule has 0 aliphatic carbocycles. The van der Waals surface area contributed by atoms with Crippen molar-refractivity contribution in [1.29, 1.82) is 0 Å². The molecule has 2 heterocycles. The number of aromatic nitrogens is 3. The van der Waals surface area contributed by atoms with Gasteiger partial charge in [-0.1, -0.05) is 26.0 Å². The van der Waals surface area contributed by atoms with Gasteiger partial charge in [0.05, 0.1) is 6.20 Å². The summed E-state index contributed by atoms with van der Waals surface area (Å²) in [4.78, 5) is 9.23. The van der Waals surface area contributed by atoms with E-state index in [2.05, 4.69) is 75.3 Å². The minimum absolute atomic E-state index is 0.571. The average Bonchev–Trinajstić information content (AvgIpc) is 2.60. The van der Waals surface area contributed by atoms with E-state index in [1.54, 1.807) is 6.20 Å². The van der Waals surface area contributed by atoms with E-state index in [1.807, 2.05) is 0 Å². The normalized spacial score (nSPS) is 15.0. The quantitative estimate of drug-likeness (QED) is 0.911. The highest BCUT2D eigenvalue weighted by molar-refractivity contribution is 5.50. The zero-order valence-electron chi connectivity index (χ0n) is 14.7. The number of piperazine rings is 1. The number of rotatable bonds is 5. The Labute approximate surface area is 143 Å². The van der Waals surface area contributed by atoms with Gasteiger partial charge < -0.3 is 15.1 Å². The van der Waals surface area contributed by atoms with Gasteiger partial charge in [0, 0.05) is 38.4 Å². The molecule has 128 valence electrons. The fourth-order valence-corrected chi connectivity index (χ4v) is 2.81. The molecule has 1 aromatic heterocycles. The lowest BCUT2D eigenvalue weighted by atomic mass is 10.2. The van der Waals surface area contributed by atoms with Crippen LogP contribution in [0.3, 0.4) is 0 Å². The monoisotopic (exact) mass is 326 g/mol. The Morgan fingerprint density at radius 2 is 1.88 bits per heavy atom. The SMILES string of the molecule is Cc1cccc(N2CCN(c3nncc(NCC(C)C)n3)CC2)c1. The zero-order valence-corrected chi connectivity index (χ0v) is 14.7. The molecular formula is C18H26N6. The molecule has 0 bridgehead atoms. The molecule has 0 radical (unpaired) electrons. The van der Waals surface area contributed by atoms with Crippen LogP contribution in [0.4, 0.5) is 17.5 Å². The van der Waals surface area contributed by atoms with Crippen molar-refractivity contribution in [3.8, 4) is 0 Å². The van der Waals surface area contributed by atoms with Crippen LogP contribution in [0.5, 0.6) is 0 Å². The third kappa shape index (κ3) is 4.13. The van der Waals surface area contributed by atoms with E-state index in [-0.39, 0.29) is 0 Å². The van der Waals surface area contributed by atoms with Crippen LogP contribution >= 0.6 is 0 Å². The lowest BCUT2D eigenvalue weighted by Crippen LogP contribution is -2.47. The second-order valence-corrected chi connectivity index (χ2v) is 6.73. The topological polar surface area (TPSA) is 57.2 Å². The molecule has 0 atom stereocenters. The van der Waals surface area contributed by atoms with Gasteiger partial charge in [-0.2, -0.15) is 10.1 Å². The number of aryl methyl sites for hydroxylation is 1. The third-order valence-electron chi connectivity index (χ3n) is 4.17. The number of nitrogens with one attached hydrogen (secondary N) is 1. The number of hydrogen-bond donors (Lipinski definition) is 1. The van der Waals surface area contributed by atoms with Gasteiger partial charge in [-0.25, -0.2) is 0 Å². The van der Waals surface area contributed by atoms with Gasteiger partial charge >= 0.3 is 0 Å². The lowest BCUT2D eigenvalue weighted by molar-refractivity contribution is 0.634. The largest absolute Gasteiger partial charge is 0.368 e. The fraction of sp³-hybridized carbons (Fsp3) is 0.500. The van der Waals surface area contributed by atoms with Crippen molar-refractivity contribution in [3.63, 3.8) is 0 Å². The Kier molecular flexibility index (Phi) is 5.13. The van der Waals surface area contributed by atoms with Crippen LogP contribution in [0, 0.1) is 12.8 Å². The summed E-state index contributed by atoms with van der Waals surface area (Å²) in [6.45, 7) is 11.1. The number of hydrogen-bond acceptors (Lipinski definition) is 6. The van der Waals surface area contributed by atoms with Crippen molar-refractivity contribution >= 4 is 17.5 Å². The molecule has 3 rings (SSSR count). The van der Waals surface area contributed by atoms with E-state index in [1.165, 1.54) is 11.3 Å². The van der Waals surface area contributed by atoms with E-state index in [0.29, 0.717) is 11.9 Å². The highest BCUT2D eigenvalue weighted by atomic mass is 15.4. The van der Waals surface area contributed by atoms with Crippen LogP contribution in [0.1, 0.15) is 19.4 Å². The molecule has 0 amide bonds. The third-order valence-corrected chi connectivity index (χ3v) is 4.17. The van der Waals surface area contributed by atoms with Crippen molar-refractivity contribution in [2.45, 2.75) is 20.8 Å². The molecule has 1 fully saturated rings. The van der Waals surface area contributed by atoms with Crippen molar-refractivity contribution in [2.24, 2.45) is 5.92 Å². The Morgan fingerprint density at radius 3 is 2.58 bits per heavy atom. The molecule has 0 spiro atoms. The minimum Gasteiger partial charge on any atom is -0.368 e. The summed E-state index contributed by atoms with van der Waals surface area (Å²) in [5.41, 5.74) is 2.59. The average molecular weight is 326 g/mol. The van der Waals surface area contributed by atoms with Crippen LogP contribution in [0.25, 0.3) is 0 Å². The van der Waals surface area contributed by atoms with Crippen molar-refractivity contribution in [3.05, 3.63) is 36.0 Å². The molecule has 6 nitrogen and oxygen atoms in total. The molecular weight excluding hydrogens is 300 g/mol. The van der Waals surface area contributed by atoms with Gasteiger partial charge in [-0.3, -0.25) is 0 Å². The predicted octanol–water partition coefficient (Wildman–Crippen LogP) is 2.57. The second kappa shape index (κ2) is 7.47. The smallest absolute Gasteiger partial charge is 0.247 e. The predicted molar refractivity (Wildman–Crippen MR) is 98.8 cm³/mol. The summed E-state index contributed by atoms with van der Waals surface area (Å²) in [5.74, 6) is 2.09. The summed E-state index contributed by atoms with van der Waals surface area (Å²) in [7, 11) is 0. The lowest BCUT2D eigenvalue weighted by Gasteiger charge is -2.36. The maximum absolute atomic E-state index is 4.60. The van der Waals surface area contributed by atoms with Gasteiger partial charge in [0.2, 0.25) is 5.95 Å². The first-order valence-electron chi connectivity index (χ1n) is 8.62. The van der Waals surface area contributed by atoms with Crippen LogP contribution in [-0.4, -0.2) is 47.9 Å². The van der Waals surface area contributed by atoms with E-state index < -0.39 is 0 Å². The molecule has 24 heavy (non-hydrogen) atoms. The molecule has 1 aliphatic heterocycles. The zero-order chi connectivity index (χ0) is 16.9. The first kappa shape index (κ1) is 16.5. The van der Waals surface area contributed by atoms with Crippen molar-refractivity contribution < 1.29 is 0 Å². The van der Waals surface area contributed by atoms with Crippen LogP contribution in [0.2, 0.25) is 0 Å². The van der Waals surface area contributed by atoms with Crippen LogP contribution < -0.4 is 15.1 Å². The molecule has 1 N–H and O–H groups in total. The standard InChI is InChI=1S/C18H26N6/c1-14(2)12-19-17-13-20-22-18(21-17)24-9-7-23(8-10-24)16-6-4-5-15(3)11-16/h4-6,11,13-14H,7-10,12H2,1-3H3,(H,19,21,22). The summed E-state index contributed by atoms with van der Waals surface area (Å²) >= 11 is 0. The fourth-order valence-electron chi connectivity index (χ4n) is 2.81. The molecule has 1 saturated heterocycles. The first-order chi connectivity index (χ1) is 11.6. The van der Waals surface area contributed by atoms with E-state index in [9.17, 15) is 0 Å². The van der Waals surface area contributed by atoms with Gasteiger partial charge in [0.15, 0.2) is 5.82 Å². The highest BCUT2D eigenvalue weighted by Crippen LogP contribution is 2.19. The number of benzene rings is 1. The van der Waals surface area contributed by atoms with Gasteiger partial charge in [0.25, 0.3) is 0 Å². The molecule has 1 aliphatic rings. The Balaban J connectivity index is 1.61. The maximum Gasteiger partial charge on any atom is 0.247 e. The first-order valence-corrected chi connectivity index (χ1v) is 8.62. The van der Waals surface area contributed by atoms with Crippen molar-refractivity contribution in [1.82, 2.24) is 15.2 Å². The van der Waals surface area contributed by atoms with Crippen LogP contribution in [-0.2, 0) is 0 Å². The summed E-state index contributed by atoms with van der Waals surface area (Å²) in [6, 6.07) is 8.67. The van der Waals surface area contributed by atoms with E-state index >= 15 is 0 Å². The number of anilines is 3. The van der Waals surface area contributed by atoms with Gasteiger partial charge in [-0.05, 0) is 30.5 Å². The number of nitrogens with zero attached hydrogens (tertiary/aromatic N) is 5. The van der Waals surface area contributed by atoms with E-state index in [4.69, 9.17) is 0 Å². The minimum atomic E-state index is 0.571. The molecule has 2 aromatic rings. The highest BCUT2D eigenvalue weighted by Gasteiger charge is 2.20. The Morgan fingerprint density at radius 1 is 1.12 bits per heavy atom. The maximum atomic E-state index is 4.60. The molecule has 0 saturated carbocycles. The summed E-state index contributed by atoms with van der Waals surface area (Å²) < 4.78 is 0. The summed E-state index contributed by atoms with van der Waals surface area (Å²) in [6.07, 6.45) is 1.69. The molecule has 6 heteroatoms. The summed E-state index contributed by atoms with van der Waals surface area (Å²) in [5, 5.41) is 11.6. The van der Waals surface area contributed by atoms with E-state index in [0.717, 1.165) is 38.5 Å².